The van der Waals surface area contributed by atoms with Crippen LogP contribution in [0.3, 0.4) is 0 Å². The Hall–Kier alpha value is -2.27. The average Bonchev–Trinajstić information content (AvgIpc) is 2.74. The Balaban J connectivity index is 1.75. The molecule has 1 N–H and O–H groups in total. The van der Waals surface area contributed by atoms with Gasteiger partial charge in [-0.25, -0.2) is 0 Å². The molecule has 0 aromatic heterocycles. The molecule has 0 spiro atoms. The van der Waals surface area contributed by atoms with Gasteiger partial charge in [-0.1, -0.05) is 31.6 Å². The molecule has 1 fully saturated rings. The van der Waals surface area contributed by atoms with E-state index in [1.54, 1.807) is 7.11 Å². The molecular formula is C23H34N4O. The number of hydrogen-bond donors (Lipinski definition) is 1. The van der Waals surface area contributed by atoms with Gasteiger partial charge >= 0.3 is 0 Å². The van der Waals surface area contributed by atoms with E-state index in [9.17, 15) is 0 Å². The van der Waals surface area contributed by atoms with E-state index in [4.69, 9.17) is 4.74 Å². The van der Waals surface area contributed by atoms with E-state index in [2.05, 4.69) is 71.5 Å². The van der Waals surface area contributed by atoms with Crippen LogP contribution in [-0.2, 0) is 6.54 Å². The number of hydrazone groups is 1. The molecule has 5 heteroatoms. The van der Waals surface area contributed by atoms with Gasteiger partial charge < -0.3 is 15.1 Å². The van der Waals surface area contributed by atoms with Crippen molar-refractivity contribution >= 4 is 11.9 Å². The van der Waals surface area contributed by atoms with E-state index < -0.39 is 0 Å². The van der Waals surface area contributed by atoms with Crippen LogP contribution in [0.5, 0.6) is 5.75 Å². The maximum Gasteiger partial charge on any atom is 0.148 e. The molecule has 1 aromatic rings. The van der Waals surface area contributed by atoms with E-state index in [1.165, 1.54) is 28.7 Å². The molecule has 2 heterocycles. The van der Waals surface area contributed by atoms with Crippen LogP contribution >= 0.6 is 0 Å². The third-order valence-corrected chi connectivity index (χ3v) is 5.67. The number of piperazine rings is 1. The van der Waals surface area contributed by atoms with Gasteiger partial charge in [0, 0.05) is 38.3 Å². The molecule has 0 atom stereocenters. The van der Waals surface area contributed by atoms with Crippen molar-refractivity contribution in [2.45, 2.75) is 40.2 Å². The molecule has 0 unspecified atom stereocenters. The second kappa shape index (κ2) is 9.78. The molecule has 2 aliphatic heterocycles. The first-order chi connectivity index (χ1) is 13.6. The van der Waals surface area contributed by atoms with Gasteiger partial charge in [0.15, 0.2) is 0 Å². The second-order valence-corrected chi connectivity index (χ2v) is 7.60. The minimum atomic E-state index is 0.824. The van der Waals surface area contributed by atoms with Crippen molar-refractivity contribution in [1.29, 1.82) is 0 Å². The number of benzene rings is 1. The van der Waals surface area contributed by atoms with E-state index in [0.717, 1.165) is 57.3 Å². The smallest absolute Gasteiger partial charge is 0.148 e. The normalized spacial score (nSPS) is 17.7. The van der Waals surface area contributed by atoms with Gasteiger partial charge in [-0.3, -0.25) is 4.90 Å². The third kappa shape index (κ3) is 4.76. The fourth-order valence-corrected chi connectivity index (χ4v) is 3.82. The molecule has 1 aromatic carbocycles. The fraction of sp³-hybridized carbons (Fsp3) is 0.522. The summed E-state index contributed by atoms with van der Waals surface area (Å²) in [6.45, 7) is 12.4. The number of rotatable bonds is 6. The third-order valence-electron chi connectivity index (χ3n) is 5.67. The number of hydrogen-bond acceptors (Lipinski definition) is 5. The van der Waals surface area contributed by atoms with Crippen LogP contribution in [0.15, 0.2) is 29.4 Å². The summed E-state index contributed by atoms with van der Waals surface area (Å²) < 4.78 is 5.78. The number of amidine groups is 1. The summed E-state index contributed by atoms with van der Waals surface area (Å²) in [6, 6.07) is 2.19. The Morgan fingerprint density at radius 1 is 1.21 bits per heavy atom. The molecule has 0 saturated carbocycles. The van der Waals surface area contributed by atoms with E-state index >= 15 is 0 Å². The lowest BCUT2D eigenvalue weighted by Crippen LogP contribution is -2.48. The zero-order chi connectivity index (χ0) is 19.9. The number of unbranched alkanes of at least 4 members (excludes halogenated alkanes) is 1. The van der Waals surface area contributed by atoms with Crippen LogP contribution in [0.25, 0.3) is 6.08 Å². The Morgan fingerprint density at radius 3 is 2.64 bits per heavy atom. The number of aryl methyl sites for hydroxylation is 1. The van der Waals surface area contributed by atoms with Crippen molar-refractivity contribution in [1.82, 2.24) is 15.2 Å². The SMILES string of the molecule is CCC/C=C\c1c(C)c(C)cc(OC)c1CN1CCN(C2=NNCC=C2)CC1. The first-order valence-electron chi connectivity index (χ1n) is 10.4. The highest BCUT2D eigenvalue weighted by atomic mass is 16.5. The predicted octanol–water partition coefficient (Wildman–Crippen LogP) is 3.72. The van der Waals surface area contributed by atoms with Gasteiger partial charge in [0.2, 0.25) is 0 Å². The zero-order valence-corrected chi connectivity index (χ0v) is 17.8. The highest BCUT2D eigenvalue weighted by Crippen LogP contribution is 2.31. The van der Waals surface area contributed by atoms with Gasteiger partial charge in [0.1, 0.15) is 11.6 Å². The molecule has 0 radical (unpaired) electrons. The molecule has 28 heavy (non-hydrogen) atoms. The van der Waals surface area contributed by atoms with Gasteiger partial charge in [-0.15, -0.1) is 0 Å². The molecule has 0 amide bonds. The highest BCUT2D eigenvalue weighted by molar-refractivity contribution is 5.93. The first kappa shape index (κ1) is 20.5. The summed E-state index contributed by atoms with van der Waals surface area (Å²) in [5, 5.41) is 4.42. The van der Waals surface area contributed by atoms with E-state index in [0.29, 0.717) is 0 Å². The Labute approximate surface area is 169 Å². The Kier molecular flexibility index (Phi) is 7.15. The summed E-state index contributed by atoms with van der Waals surface area (Å²) in [5.74, 6) is 2.06. The largest absolute Gasteiger partial charge is 0.496 e. The van der Waals surface area contributed by atoms with Crippen LogP contribution in [0, 0.1) is 13.8 Å². The van der Waals surface area contributed by atoms with Crippen molar-refractivity contribution < 1.29 is 4.74 Å². The number of nitrogens with zero attached hydrogens (tertiary/aromatic N) is 3. The zero-order valence-electron chi connectivity index (χ0n) is 17.8. The van der Waals surface area contributed by atoms with Gasteiger partial charge in [-0.05, 0) is 49.1 Å². The van der Waals surface area contributed by atoms with Crippen molar-refractivity contribution in [2.24, 2.45) is 5.10 Å². The molecule has 1 saturated heterocycles. The van der Waals surface area contributed by atoms with Crippen molar-refractivity contribution in [3.05, 3.63) is 46.5 Å². The van der Waals surface area contributed by atoms with Gasteiger partial charge in [0.05, 0.1) is 13.7 Å². The maximum absolute atomic E-state index is 5.78. The van der Waals surface area contributed by atoms with Gasteiger partial charge in [0.25, 0.3) is 0 Å². The average molecular weight is 383 g/mol. The summed E-state index contributed by atoms with van der Waals surface area (Å²) in [4.78, 5) is 4.89. The summed E-state index contributed by atoms with van der Waals surface area (Å²) in [6.07, 6.45) is 11.1. The van der Waals surface area contributed by atoms with Crippen LogP contribution in [0.2, 0.25) is 0 Å². The summed E-state index contributed by atoms with van der Waals surface area (Å²) in [7, 11) is 1.78. The molecule has 2 aliphatic rings. The second-order valence-electron chi connectivity index (χ2n) is 7.60. The lowest BCUT2D eigenvalue weighted by Gasteiger charge is -2.36. The number of allylic oxidation sites excluding steroid dienone is 1. The topological polar surface area (TPSA) is 40.1 Å². The maximum atomic E-state index is 5.78. The molecular weight excluding hydrogens is 348 g/mol. The Bertz CT molecular complexity index is 758. The standard InChI is InChI=1S/C23H34N4O/c1-5-6-7-9-20-19(3)18(2)16-22(28-4)21(20)17-26-12-14-27(15-13-26)23-10-8-11-24-25-23/h7-10,16,24H,5-6,11-15,17H2,1-4H3/b9-7-. The fourth-order valence-electron chi connectivity index (χ4n) is 3.82. The molecule has 5 nitrogen and oxygen atoms in total. The van der Waals surface area contributed by atoms with Crippen LogP contribution in [0.4, 0.5) is 0 Å². The molecule has 3 rings (SSSR count). The quantitative estimate of drug-likeness (QED) is 0.814. The highest BCUT2D eigenvalue weighted by Gasteiger charge is 2.22. The molecule has 0 bridgehead atoms. The monoisotopic (exact) mass is 382 g/mol. The van der Waals surface area contributed by atoms with Crippen molar-refractivity contribution in [3.63, 3.8) is 0 Å². The summed E-state index contributed by atoms with van der Waals surface area (Å²) >= 11 is 0. The number of ether oxygens (including phenoxy) is 1. The number of methoxy groups -OCH3 is 1. The van der Waals surface area contributed by atoms with E-state index in [-0.39, 0.29) is 0 Å². The van der Waals surface area contributed by atoms with Gasteiger partial charge in [-0.2, -0.15) is 5.10 Å². The minimum absolute atomic E-state index is 0.824. The van der Waals surface area contributed by atoms with Crippen LogP contribution in [-0.4, -0.2) is 55.5 Å². The summed E-state index contributed by atoms with van der Waals surface area (Å²) in [5.41, 5.74) is 8.35. The predicted molar refractivity (Wildman–Crippen MR) is 118 cm³/mol. The lowest BCUT2D eigenvalue weighted by molar-refractivity contribution is 0.173. The lowest BCUT2D eigenvalue weighted by atomic mass is 9.95. The first-order valence-corrected chi connectivity index (χ1v) is 10.4. The molecule has 152 valence electrons. The van der Waals surface area contributed by atoms with E-state index in [1.807, 2.05) is 0 Å². The number of nitrogens with one attached hydrogen (secondary N) is 1. The van der Waals surface area contributed by atoms with Crippen LogP contribution < -0.4 is 10.2 Å². The van der Waals surface area contributed by atoms with Crippen molar-refractivity contribution in [3.8, 4) is 5.75 Å². The van der Waals surface area contributed by atoms with Crippen molar-refractivity contribution in [2.75, 3.05) is 39.8 Å². The molecule has 0 aliphatic carbocycles. The van der Waals surface area contributed by atoms with Crippen LogP contribution in [0.1, 0.15) is 42.0 Å². The Morgan fingerprint density at radius 2 is 2.00 bits per heavy atom. The minimum Gasteiger partial charge on any atom is -0.496 e.